The predicted molar refractivity (Wildman–Crippen MR) is 82.4 cm³/mol. The molecular formula is C16H21NO6. The molecule has 0 aliphatic heterocycles. The number of nitrogens with zero attached hydrogens (tertiary/aromatic N) is 1. The molecule has 1 aromatic carbocycles. The Kier molecular flexibility index (Phi) is 6.68. The molecular weight excluding hydrogens is 302 g/mol. The van der Waals surface area contributed by atoms with Crippen LogP contribution in [0.5, 0.6) is 0 Å². The van der Waals surface area contributed by atoms with Gasteiger partial charge in [0.2, 0.25) is 6.54 Å². The minimum atomic E-state index is -1.79. The lowest BCUT2D eigenvalue weighted by atomic mass is 9.73. The molecule has 0 spiro atoms. The molecule has 0 aliphatic rings. The van der Waals surface area contributed by atoms with Crippen LogP contribution in [0.2, 0.25) is 0 Å². The number of esters is 2. The summed E-state index contributed by atoms with van der Waals surface area (Å²) < 4.78 is 9.99. The summed E-state index contributed by atoms with van der Waals surface area (Å²) >= 11 is 0. The fourth-order valence-electron chi connectivity index (χ4n) is 2.39. The number of rotatable bonds is 8. The van der Waals surface area contributed by atoms with Gasteiger partial charge >= 0.3 is 11.9 Å². The van der Waals surface area contributed by atoms with Crippen molar-refractivity contribution in [3.05, 3.63) is 46.0 Å². The van der Waals surface area contributed by atoms with Crippen molar-refractivity contribution >= 4 is 11.9 Å². The molecule has 126 valence electrons. The second kappa shape index (κ2) is 8.26. The molecule has 0 N–H and O–H groups in total. The zero-order valence-corrected chi connectivity index (χ0v) is 13.5. The van der Waals surface area contributed by atoms with Crippen LogP contribution in [0.4, 0.5) is 0 Å². The molecule has 0 amide bonds. The number of ether oxygens (including phenoxy) is 2. The number of hydrogen-bond acceptors (Lipinski definition) is 6. The van der Waals surface area contributed by atoms with Crippen molar-refractivity contribution in [2.24, 2.45) is 5.41 Å². The van der Waals surface area contributed by atoms with E-state index in [4.69, 9.17) is 9.47 Å². The van der Waals surface area contributed by atoms with Crippen LogP contribution >= 0.6 is 0 Å². The van der Waals surface area contributed by atoms with E-state index >= 15 is 0 Å². The molecule has 0 unspecified atom stereocenters. The molecule has 1 aromatic rings. The van der Waals surface area contributed by atoms with E-state index in [0.29, 0.717) is 5.56 Å². The lowest BCUT2D eigenvalue weighted by molar-refractivity contribution is -0.485. The van der Waals surface area contributed by atoms with Gasteiger partial charge in [0, 0.05) is 4.92 Å². The maximum Gasteiger partial charge on any atom is 0.324 e. The molecule has 0 bridgehead atoms. The average Bonchev–Trinajstić information content (AvgIpc) is 2.53. The van der Waals surface area contributed by atoms with E-state index in [1.165, 1.54) is 6.92 Å². The highest BCUT2D eigenvalue weighted by Gasteiger charge is 2.53. The van der Waals surface area contributed by atoms with E-state index in [1.807, 2.05) is 0 Å². The van der Waals surface area contributed by atoms with Crippen LogP contribution in [-0.4, -0.2) is 36.6 Å². The Hall–Kier alpha value is -2.44. The van der Waals surface area contributed by atoms with Crippen LogP contribution in [0.15, 0.2) is 30.3 Å². The van der Waals surface area contributed by atoms with Gasteiger partial charge in [-0.2, -0.15) is 0 Å². The van der Waals surface area contributed by atoms with Crippen molar-refractivity contribution in [3.8, 4) is 0 Å². The Morgan fingerprint density at radius 1 is 1.13 bits per heavy atom. The number of benzene rings is 1. The molecule has 0 heterocycles. The number of carbonyl (C=O) groups is 2. The van der Waals surface area contributed by atoms with Crippen molar-refractivity contribution in [1.82, 2.24) is 0 Å². The molecule has 1 rings (SSSR count). The van der Waals surface area contributed by atoms with E-state index in [1.54, 1.807) is 44.2 Å². The summed E-state index contributed by atoms with van der Waals surface area (Å²) in [6, 6.07) is 8.42. The van der Waals surface area contributed by atoms with E-state index < -0.39 is 34.7 Å². The summed E-state index contributed by atoms with van der Waals surface area (Å²) in [5.74, 6) is -2.64. The van der Waals surface area contributed by atoms with Crippen LogP contribution in [0.25, 0.3) is 0 Å². The number of carbonyl (C=O) groups excluding carboxylic acids is 2. The lowest BCUT2D eigenvalue weighted by Gasteiger charge is -2.31. The van der Waals surface area contributed by atoms with Crippen LogP contribution in [0.1, 0.15) is 32.3 Å². The van der Waals surface area contributed by atoms with Crippen LogP contribution < -0.4 is 0 Å². The Balaban J connectivity index is 3.39. The summed E-state index contributed by atoms with van der Waals surface area (Å²) in [5, 5.41) is 11.1. The Bertz CT molecular complexity index is 539. The maximum atomic E-state index is 12.4. The summed E-state index contributed by atoms with van der Waals surface area (Å²) in [5.41, 5.74) is -1.28. The van der Waals surface area contributed by atoms with Gasteiger partial charge in [0.15, 0.2) is 5.41 Å². The first-order valence-electron chi connectivity index (χ1n) is 7.39. The highest BCUT2D eigenvalue weighted by Crippen LogP contribution is 2.38. The second-order valence-electron chi connectivity index (χ2n) is 5.12. The standard InChI is InChI=1S/C16H21NO6/c1-4-22-14(18)16(3,15(19)23-5-2)13(11-17(20)21)12-9-7-6-8-10-12/h6-10,13H,4-5,11H2,1-3H3/t13-/m0/s1. The van der Waals surface area contributed by atoms with E-state index in [9.17, 15) is 19.7 Å². The molecule has 0 radical (unpaired) electrons. The first kappa shape index (κ1) is 18.6. The van der Waals surface area contributed by atoms with Crippen LogP contribution in [-0.2, 0) is 19.1 Å². The van der Waals surface area contributed by atoms with Crippen molar-refractivity contribution < 1.29 is 24.0 Å². The molecule has 0 aromatic heterocycles. The van der Waals surface area contributed by atoms with Gasteiger partial charge in [0.1, 0.15) is 0 Å². The van der Waals surface area contributed by atoms with Crippen molar-refractivity contribution in [2.75, 3.05) is 19.8 Å². The second-order valence-corrected chi connectivity index (χ2v) is 5.12. The quantitative estimate of drug-likeness (QED) is 0.315. The maximum absolute atomic E-state index is 12.4. The minimum absolute atomic E-state index is 0.0633. The molecule has 0 saturated carbocycles. The zero-order chi connectivity index (χ0) is 17.5. The Labute approximate surface area is 134 Å². The fraction of sp³-hybridized carbons (Fsp3) is 0.500. The third kappa shape index (κ3) is 4.28. The van der Waals surface area contributed by atoms with Gasteiger partial charge in [0.25, 0.3) is 0 Å². The molecule has 23 heavy (non-hydrogen) atoms. The Morgan fingerprint density at radius 3 is 2.00 bits per heavy atom. The molecule has 0 aliphatic carbocycles. The highest BCUT2D eigenvalue weighted by molar-refractivity contribution is 6.00. The predicted octanol–water partition coefficient (Wildman–Crippen LogP) is 2.18. The first-order chi connectivity index (χ1) is 10.9. The van der Waals surface area contributed by atoms with Crippen molar-refractivity contribution in [2.45, 2.75) is 26.7 Å². The average molecular weight is 323 g/mol. The van der Waals surface area contributed by atoms with Gasteiger partial charge in [-0.25, -0.2) is 0 Å². The summed E-state index contributed by atoms with van der Waals surface area (Å²) in [7, 11) is 0. The third-order valence-electron chi connectivity index (χ3n) is 3.63. The van der Waals surface area contributed by atoms with E-state index in [0.717, 1.165) is 0 Å². The monoisotopic (exact) mass is 323 g/mol. The summed E-state index contributed by atoms with van der Waals surface area (Å²) in [4.78, 5) is 35.4. The van der Waals surface area contributed by atoms with Crippen molar-refractivity contribution in [1.29, 1.82) is 0 Å². The van der Waals surface area contributed by atoms with Gasteiger partial charge in [-0.05, 0) is 26.3 Å². The molecule has 7 heteroatoms. The minimum Gasteiger partial charge on any atom is -0.465 e. The zero-order valence-electron chi connectivity index (χ0n) is 13.5. The topological polar surface area (TPSA) is 95.7 Å². The van der Waals surface area contributed by atoms with E-state index in [2.05, 4.69) is 0 Å². The Morgan fingerprint density at radius 2 is 1.61 bits per heavy atom. The van der Waals surface area contributed by atoms with Gasteiger partial charge in [-0.3, -0.25) is 19.7 Å². The molecule has 0 fully saturated rings. The lowest BCUT2D eigenvalue weighted by Crippen LogP contribution is -2.46. The highest BCUT2D eigenvalue weighted by atomic mass is 16.6. The van der Waals surface area contributed by atoms with Gasteiger partial charge in [-0.15, -0.1) is 0 Å². The largest absolute Gasteiger partial charge is 0.465 e. The number of nitro groups is 1. The smallest absolute Gasteiger partial charge is 0.324 e. The first-order valence-corrected chi connectivity index (χ1v) is 7.39. The molecule has 1 atom stereocenters. The fourth-order valence-corrected chi connectivity index (χ4v) is 2.39. The summed E-state index contributed by atoms with van der Waals surface area (Å²) in [6.45, 7) is 4.09. The third-order valence-corrected chi connectivity index (χ3v) is 3.63. The molecule has 0 saturated heterocycles. The van der Waals surface area contributed by atoms with Gasteiger partial charge in [-0.1, -0.05) is 30.3 Å². The van der Waals surface area contributed by atoms with Crippen LogP contribution in [0.3, 0.4) is 0 Å². The number of hydrogen-bond donors (Lipinski definition) is 0. The normalized spacial score (nSPS) is 12.3. The van der Waals surface area contributed by atoms with E-state index in [-0.39, 0.29) is 13.2 Å². The van der Waals surface area contributed by atoms with Gasteiger partial charge in [0.05, 0.1) is 19.1 Å². The SMILES string of the molecule is CCOC(=O)C(C)(C(=O)OCC)[C@@H](C[N+](=O)[O-])c1ccccc1. The molecule has 7 nitrogen and oxygen atoms in total. The van der Waals surface area contributed by atoms with Crippen LogP contribution in [0, 0.1) is 15.5 Å². The van der Waals surface area contributed by atoms with Gasteiger partial charge < -0.3 is 9.47 Å². The summed E-state index contributed by atoms with van der Waals surface area (Å²) in [6.07, 6.45) is 0. The van der Waals surface area contributed by atoms with Crippen molar-refractivity contribution in [3.63, 3.8) is 0 Å².